The van der Waals surface area contributed by atoms with Gasteiger partial charge in [0.2, 0.25) is 70.8 Å². The number of hydrogen-bond donors (Lipinski definition) is 27. The van der Waals surface area contributed by atoms with Crippen molar-refractivity contribution in [3.8, 4) is 28.7 Å². The van der Waals surface area contributed by atoms with Crippen LogP contribution in [-0.2, 0) is 104 Å². The Kier molecular flexibility index (Phi) is 41.0. The average molecular weight is 2020 g/mol. The molecule has 1 saturated heterocycles. The average Bonchev–Trinajstić information content (AvgIpc) is 0.772. The van der Waals surface area contributed by atoms with Gasteiger partial charge in [-0.15, -0.1) is 0 Å². The number of aromatic nitrogens is 2. The molecule has 47 nitrogen and oxygen atoms in total. The van der Waals surface area contributed by atoms with Crippen LogP contribution in [0.25, 0.3) is 0 Å². The maximum Gasteiger partial charge on any atom is 0.261 e. The van der Waals surface area contributed by atoms with Crippen LogP contribution in [0.3, 0.4) is 0 Å². The highest BCUT2D eigenvalue weighted by Gasteiger charge is 2.50. The second-order valence-electron chi connectivity index (χ2n) is 37.6. The number of amides is 12. The third-order valence-electron chi connectivity index (χ3n) is 24.8. The SMILES string of the molecule is COc1cccc2c1C(=O)c1c(O)c3c(c(O)c1C2=O)C[C@@](O)(/C(C)=N/OCC(=O)N[C@@H](CC(C)C)C(=O)N[C@@H](CCCNC(=N)N)C(=O)N[C@@H](CCCNC(=N)N)C(=O)N[C@@H](Cc1ccc(O)cc1)C(=O)N[C@H](C(=O)N[C@@H](Cc1cnc[nH]1)C(=O)N[C@@H](CC(C)C)C(=O)N[C@@H](Cc1ccccc1)C(=O)N[C@@H](Cc1ccc(O)cc1)C(=O)N[C@@H](C)C(=O)N[C@H](C(N)=O)[C@@H](C)O)C(C)C)C[C@@H]3O[C@H]1C[C@H](N)[C@H](O)[C@H](C)O1. The smallest absolute Gasteiger partial charge is 0.261 e. The fourth-order valence-electron chi connectivity index (χ4n) is 17.0. The van der Waals surface area contributed by atoms with Gasteiger partial charge in [-0.05, 0) is 131 Å². The lowest BCUT2D eigenvalue weighted by molar-refractivity contribution is -0.245. The molecule has 31 N–H and O–H groups in total. The molecule has 2 heterocycles. The van der Waals surface area contributed by atoms with Crippen molar-refractivity contribution >= 4 is 100 Å². The number of ether oxygens (including phenoxy) is 3. The number of hydrogen-bond acceptors (Lipinski definition) is 30. The Morgan fingerprint density at radius 2 is 1.02 bits per heavy atom. The Balaban J connectivity index is 0.929. The van der Waals surface area contributed by atoms with Crippen molar-refractivity contribution in [1.82, 2.24) is 79.1 Å². The monoisotopic (exact) mass is 2020 g/mol. The van der Waals surface area contributed by atoms with Crippen LogP contribution in [0.4, 0.5) is 0 Å². The Bertz CT molecular complexity index is 5640. The number of aliphatic hydroxyl groups is 3. The molecule has 1 aliphatic heterocycles. The number of fused-ring (bicyclic) bond motifs is 3. The molecule has 145 heavy (non-hydrogen) atoms. The molecule has 12 amide bonds. The van der Waals surface area contributed by atoms with Gasteiger partial charge in [0.25, 0.3) is 5.91 Å². The number of ketones is 2. The molecule has 1 fully saturated rings. The largest absolute Gasteiger partial charge is 0.508 e. The maximum absolute atomic E-state index is 15.3. The van der Waals surface area contributed by atoms with Crippen LogP contribution in [0.1, 0.15) is 192 Å². The highest BCUT2D eigenvalue weighted by Crippen LogP contribution is 2.53. The minimum absolute atomic E-state index is 0.00118. The van der Waals surface area contributed by atoms with E-state index in [1.807, 2.05) is 0 Å². The number of aromatic hydroxyl groups is 4. The molecule has 1 aromatic heterocycles. The topological polar surface area (TPSA) is 767 Å². The van der Waals surface area contributed by atoms with Crippen molar-refractivity contribution in [2.45, 2.75) is 262 Å². The molecular formula is C98H134N22O25. The summed E-state index contributed by atoms with van der Waals surface area (Å²) in [4.78, 5) is 216. The summed E-state index contributed by atoms with van der Waals surface area (Å²) in [5.41, 5.74) is 20.2. The van der Waals surface area contributed by atoms with Crippen molar-refractivity contribution in [2.24, 2.45) is 45.8 Å². The van der Waals surface area contributed by atoms with Gasteiger partial charge in [0.15, 0.2) is 30.6 Å². The van der Waals surface area contributed by atoms with Gasteiger partial charge in [-0.25, -0.2) is 4.98 Å². The predicted molar refractivity (Wildman–Crippen MR) is 525 cm³/mol. The van der Waals surface area contributed by atoms with E-state index in [1.165, 1.54) is 114 Å². The van der Waals surface area contributed by atoms with Gasteiger partial charge < -0.3 is 152 Å². The van der Waals surface area contributed by atoms with Gasteiger partial charge in [-0.2, -0.15) is 0 Å². The van der Waals surface area contributed by atoms with E-state index >= 15 is 28.8 Å². The number of methoxy groups -OCH3 is 1. The minimum atomic E-state index is -2.22. The second-order valence-corrected chi connectivity index (χ2v) is 37.6. The standard InChI is InChI=1S/C98H134N22O25/c1-46(2)34-64(110-72(124)44-143-120-52(10)98(141)41-60-75(71(42-98)145-73-40-61(99)80(125)51(9)144-73)84(129)77-76(82(60)127)81(126)59-20-15-23-70(142-11)74(59)83(77)128)90(135)112-62(21-16-32-106-96(101)102)87(132)111-63(22-17-33-107-97(103)104)88(133)114-68(38-55-26-30-58(123)31-27-55)94(139)118-78(48(5)6)95(140)117-69(39-56-43-105-45-108-56)93(138)113-65(35-47(3)4)91(136)116-67(36-53-18-13-12-14-19-53)92(137)115-66(37-54-24-28-57(122)29-25-54)89(134)109-49(7)86(131)119-79(50(8)121)85(100)130/h12-15,18-20,23-31,43,45-51,61-69,71,73,78-80,121-123,125,127,129,141H,16-17,21-22,32-42,44,99H2,1-11H3,(H2,100,130)(H,105,108)(H,109,134)(H,110,124)(H,111,132)(H,112,135)(H,113,138)(H,114,133)(H,115,137)(H,116,136)(H,117,140)(H,118,139)(H,119,131)(H4,101,102,106)(H4,103,104,107)/b120-52+/t49-,50+,51-,61-,62-,63-,64-,65-,66-,67-,68-,69-,71-,73-,78-,79-,80+,98-/m0/s1. The lowest BCUT2D eigenvalue weighted by Crippen LogP contribution is -2.62. The van der Waals surface area contributed by atoms with Crippen LogP contribution in [-0.4, -0.2) is 275 Å². The molecule has 0 unspecified atom stereocenters. The number of carbonyl (C=O) groups excluding carboxylic acids is 14. The molecule has 0 saturated carbocycles. The number of nitrogens with zero attached hydrogens (tertiary/aromatic N) is 2. The number of phenolic OH excluding ortho intramolecular Hbond substituents is 4. The van der Waals surface area contributed by atoms with Crippen molar-refractivity contribution in [3.05, 3.63) is 165 Å². The molecule has 3 aliphatic rings. The highest BCUT2D eigenvalue weighted by molar-refractivity contribution is 6.31. The highest BCUT2D eigenvalue weighted by atomic mass is 16.7. The normalized spacial score (nSPS) is 18.9. The summed E-state index contributed by atoms with van der Waals surface area (Å²) in [6.07, 6.45) is -6.40. The predicted octanol–water partition coefficient (Wildman–Crippen LogP) is -1.57. The van der Waals surface area contributed by atoms with Crippen molar-refractivity contribution < 1.29 is 122 Å². The number of carbonyl (C=O) groups is 14. The Morgan fingerprint density at radius 1 is 0.559 bits per heavy atom. The van der Waals surface area contributed by atoms with Crippen molar-refractivity contribution in [3.63, 3.8) is 0 Å². The summed E-state index contributed by atoms with van der Waals surface area (Å²) in [7, 11) is 1.28. The lowest BCUT2D eigenvalue weighted by atomic mass is 9.72. The zero-order valence-corrected chi connectivity index (χ0v) is 82.4. The third-order valence-corrected chi connectivity index (χ3v) is 24.8. The molecule has 18 atom stereocenters. The van der Waals surface area contributed by atoms with Crippen LogP contribution in [0.15, 0.2) is 115 Å². The van der Waals surface area contributed by atoms with E-state index in [9.17, 15) is 74.1 Å². The van der Waals surface area contributed by atoms with E-state index < -0.39 is 251 Å². The molecule has 9 rings (SSSR count). The third kappa shape index (κ3) is 31.8. The quantitative estimate of drug-likeness (QED) is 0.00673. The van der Waals surface area contributed by atoms with Gasteiger partial charge >= 0.3 is 0 Å². The maximum atomic E-state index is 15.3. The van der Waals surface area contributed by atoms with Crippen molar-refractivity contribution in [1.29, 1.82) is 10.8 Å². The molecule has 5 aromatic carbocycles. The number of benzene rings is 5. The number of imidazole rings is 1. The van der Waals surface area contributed by atoms with Crippen LogP contribution < -0.4 is 96.8 Å². The summed E-state index contributed by atoms with van der Waals surface area (Å²) in [6, 6.07) is 6.12. The molecule has 0 radical (unpaired) electrons. The summed E-state index contributed by atoms with van der Waals surface area (Å²) in [5.74, 6) is -17.5. The molecule has 6 aromatic rings. The Hall–Kier alpha value is -14.9. The molecule has 0 spiro atoms. The van der Waals surface area contributed by atoms with E-state index in [1.54, 1.807) is 71.9 Å². The lowest BCUT2D eigenvalue weighted by Gasteiger charge is -2.42. The van der Waals surface area contributed by atoms with Gasteiger partial charge in [0.05, 0.1) is 60.3 Å². The summed E-state index contributed by atoms with van der Waals surface area (Å²) in [6.45, 7) is 14.4. The number of nitrogens with two attached hydrogens (primary N) is 4. The fraction of sp³-hybridized carbons (Fsp3) is 0.490. The fourth-order valence-corrected chi connectivity index (χ4v) is 17.0. The second kappa shape index (κ2) is 52.4. The van der Waals surface area contributed by atoms with E-state index in [2.05, 4.69) is 84.2 Å². The van der Waals surface area contributed by atoms with Crippen LogP contribution in [0, 0.1) is 28.6 Å². The van der Waals surface area contributed by atoms with Gasteiger partial charge in [-0.1, -0.05) is 113 Å². The molecule has 2 aliphatic carbocycles. The zero-order valence-electron chi connectivity index (χ0n) is 82.4. The zero-order chi connectivity index (χ0) is 107. The van der Waals surface area contributed by atoms with E-state index in [-0.39, 0.29) is 141 Å². The van der Waals surface area contributed by atoms with Crippen LogP contribution >= 0.6 is 0 Å². The van der Waals surface area contributed by atoms with E-state index in [4.69, 9.17) is 52.8 Å². The molecule has 786 valence electrons. The number of primary amides is 1. The first-order valence-corrected chi connectivity index (χ1v) is 47.6. The molecular weight excluding hydrogens is 1890 g/mol. The van der Waals surface area contributed by atoms with Crippen LogP contribution in [0.2, 0.25) is 0 Å². The summed E-state index contributed by atoms with van der Waals surface area (Å²) in [5, 5.41) is 133. The number of guanidine groups is 2. The summed E-state index contributed by atoms with van der Waals surface area (Å²) >= 11 is 0. The number of H-pyrrole nitrogens is 1. The van der Waals surface area contributed by atoms with Gasteiger partial charge in [0, 0.05) is 92.7 Å². The van der Waals surface area contributed by atoms with Crippen molar-refractivity contribution in [2.75, 3.05) is 26.8 Å². The summed E-state index contributed by atoms with van der Waals surface area (Å²) < 4.78 is 17.8. The Labute approximate surface area is 836 Å². The van der Waals surface area contributed by atoms with Gasteiger partial charge in [-0.3, -0.25) is 77.9 Å². The number of aliphatic hydroxyl groups excluding tert-OH is 2. The first kappa shape index (κ1) is 114. The van der Waals surface area contributed by atoms with Gasteiger partial charge in [0.1, 0.15) is 101 Å². The molecule has 47 heteroatoms. The minimum Gasteiger partial charge on any atom is -0.508 e. The number of nitrogens with one attached hydrogen (secondary N) is 16. The number of phenols is 4. The number of oxime groups is 1. The molecule has 0 bridgehead atoms. The number of rotatable bonds is 51. The number of aromatic amines is 1. The Morgan fingerprint density at radius 3 is 1.50 bits per heavy atom. The van der Waals surface area contributed by atoms with E-state index in [0.717, 1.165) is 0 Å². The van der Waals surface area contributed by atoms with E-state index in [0.29, 0.717) is 22.4 Å². The first-order valence-electron chi connectivity index (χ1n) is 47.6. The first-order chi connectivity index (χ1) is 68.5. The van der Waals surface area contributed by atoms with Crippen LogP contribution in [0.5, 0.6) is 28.7 Å².